The summed E-state index contributed by atoms with van der Waals surface area (Å²) in [5, 5.41) is 9.09. The van der Waals surface area contributed by atoms with E-state index < -0.39 is 32.0 Å². The summed E-state index contributed by atoms with van der Waals surface area (Å²) in [6, 6.07) is 7.23. The lowest BCUT2D eigenvalue weighted by Crippen LogP contribution is -2.51. The minimum atomic E-state index is -4.62. The zero-order valence-electron chi connectivity index (χ0n) is 24.3. The number of rotatable bonds is 8. The van der Waals surface area contributed by atoms with Gasteiger partial charge >= 0.3 is 6.18 Å². The predicted molar refractivity (Wildman–Crippen MR) is 163 cm³/mol. The Bertz CT molecular complexity index is 1920. The molecule has 0 amide bonds. The number of allylic oxidation sites excluding steroid dienone is 1. The van der Waals surface area contributed by atoms with Crippen molar-refractivity contribution >= 4 is 38.8 Å². The zero-order chi connectivity index (χ0) is 31.7. The van der Waals surface area contributed by atoms with Gasteiger partial charge in [-0.3, -0.25) is 9.48 Å². The third-order valence-electron chi connectivity index (χ3n) is 9.06. The number of aromatic nitrogens is 5. The third kappa shape index (κ3) is 5.36. The van der Waals surface area contributed by atoms with Gasteiger partial charge in [-0.2, -0.15) is 23.4 Å². The molecule has 0 aliphatic heterocycles. The van der Waals surface area contributed by atoms with Crippen molar-refractivity contribution in [2.45, 2.75) is 55.8 Å². The molecular formula is C31H30F4N6O2S2. The number of thiazole rings is 1. The van der Waals surface area contributed by atoms with Crippen molar-refractivity contribution in [3.8, 4) is 5.69 Å². The Morgan fingerprint density at radius 1 is 1.18 bits per heavy atom. The second kappa shape index (κ2) is 10.7. The van der Waals surface area contributed by atoms with Gasteiger partial charge in [0.05, 0.1) is 38.9 Å². The lowest BCUT2D eigenvalue weighted by atomic mass is 9.61. The average Bonchev–Trinajstić information content (AvgIpc) is 3.33. The number of aryl methyl sites for hydroxylation is 1. The van der Waals surface area contributed by atoms with E-state index in [1.54, 1.807) is 47.0 Å². The first kappa shape index (κ1) is 30.1. The van der Waals surface area contributed by atoms with E-state index in [9.17, 15) is 26.6 Å². The average molecular weight is 659 g/mol. The maximum Gasteiger partial charge on any atom is 0.427 e. The number of Topliss-reactive ketones (excluding diaryl/α,β-unsaturated/α-hetero) is 1. The van der Waals surface area contributed by atoms with Crippen LogP contribution in [0.5, 0.6) is 0 Å². The van der Waals surface area contributed by atoms with Crippen molar-refractivity contribution in [1.29, 1.82) is 0 Å². The van der Waals surface area contributed by atoms with Crippen LogP contribution in [0.25, 0.3) is 11.8 Å². The fourth-order valence-electron chi connectivity index (χ4n) is 6.58. The number of nitrogens with zero attached hydrogens (tertiary/aromatic N) is 6. The molecule has 7 rings (SSSR count). The van der Waals surface area contributed by atoms with Crippen molar-refractivity contribution in [2.75, 3.05) is 6.54 Å². The first-order valence-corrected chi connectivity index (χ1v) is 17.1. The van der Waals surface area contributed by atoms with E-state index >= 15 is 0 Å². The van der Waals surface area contributed by atoms with Crippen molar-refractivity contribution in [2.24, 2.45) is 18.4 Å². The molecule has 3 aliphatic rings. The molecule has 236 valence electrons. The summed E-state index contributed by atoms with van der Waals surface area (Å²) < 4.78 is 74.0. The monoisotopic (exact) mass is 658 g/mol. The highest BCUT2D eigenvalue weighted by Gasteiger charge is 2.52. The van der Waals surface area contributed by atoms with Gasteiger partial charge < -0.3 is 0 Å². The molecular weight excluding hydrogens is 629 g/mol. The summed E-state index contributed by atoms with van der Waals surface area (Å²) in [7, 11) is -1.30. The summed E-state index contributed by atoms with van der Waals surface area (Å²) in [4.78, 5) is 17.5. The first-order valence-electron chi connectivity index (χ1n) is 14.6. The minimum absolute atomic E-state index is 0.185. The van der Waals surface area contributed by atoms with Crippen LogP contribution in [-0.4, -0.2) is 57.3 Å². The van der Waals surface area contributed by atoms with Gasteiger partial charge in [0.15, 0.2) is 10.0 Å². The Balaban J connectivity index is 1.32. The molecule has 2 fully saturated rings. The van der Waals surface area contributed by atoms with Crippen molar-refractivity contribution < 1.29 is 26.6 Å². The third-order valence-corrected chi connectivity index (χ3v) is 12.2. The quantitative estimate of drug-likeness (QED) is 0.132. The molecule has 14 heteroatoms. The van der Waals surface area contributed by atoms with Crippen molar-refractivity contribution in [3.63, 3.8) is 0 Å². The molecule has 1 aromatic carbocycles. The topological polar surface area (TPSA) is 85.9 Å². The molecule has 0 bridgehead atoms. The number of fused-ring (bicyclic) bond motifs is 2. The van der Waals surface area contributed by atoms with E-state index in [2.05, 4.69) is 21.1 Å². The molecule has 2 saturated carbocycles. The summed E-state index contributed by atoms with van der Waals surface area (Å²) in [5.74, 6) is 3.63. The number of carbonyl (C=O) groups excluding carboxylic acids is 1. The lowest BCUT2D eigenvalue weighted by molar-refractivity contribution is -0.134. The van der Waals surface area contributed by atoms with E-state index in [4.69, 9.17) is 0 Å². The molecule has 1 unspecified atom stereocenters. The van der Waals surface area contributed by atoms with Gasteiger partial charge in [0.1, 0.15) is 10.7 Å². The standard InChI is InChI=1S/C31H30F4N6O2S2/c1-39-12-11-27(38-39)45(2,43)40(18-19-3-4-19)24-8-5-21-13-25-20(16-37-41(25)23-9-6-22(32)7-10-23)14-30(21,15-24)28(42)29-36-17-26(44-29)31(33,34)35/h6-7,9-13,16-17,19,24H,2-5,8,14-15,18H2,1H3/t24-,30-,45?/m0/s1. The minimum Gasteiger partial charge on any atom is -0.290 e. The van der Waals surface area contributed by atoms with Gasteiger partial charge in [0.25, 0.3) is 0 Å². The highest BCUT2D eigenvalue weighted by Crippen LogP contribution is 2.52. The number of benzene rings is 1. The smallest absolute Gasteiger partial charge is 0.290 e. The van der Waals surface area contributed by atoms with Gasteiger partial charge in [0, 0.05) is 25.8 Å². The number of carbonyl (C=O) groups is 1. The van der Waals surface area contributed by atoms with Crippen LogP contribution < -0.4 is 0 Å². The molecule has 0 spiro atoms. The van der Waals surface area contributed by atoms with Gasteiger partial charge in [0.2, 0.25) is 5.78 Å². The van der Waals surface area contributed by atoms with Crippen LogP contribution in [0.2, 0.25) is 0 Å². The predicted octanol–water partition coefficient (Wildman–Crippen LogP) is 5.98. The van der Waals surface area contributed by atoms with E-state index in [0.29, 0.717) is 53.6 Å². The number of ketones is 1. The first-order chi connectivity index (χ1) is 21.3. The Labute approximate surface area is 261 Å². The summed E-state index contributed by atoms with van der Waals surface area (Å²) in [6.45, 7) is 0.524. The van der Waals surface area contributed by atoms with Gasteiger partial charge in [-0.25, -0.2) is 22.6 Å². The van der Waals surface area contributed by atoms with Crippen LogP contribution in [0.4, 0.5) is 17.6 Å². The largest absolute Gasteiger partial charge is 0.427 e. The van der Waals surface area contributed by atoms with Gasteiger partial charge in [-0.1, -0.05) is 5.57 Å². The molecule has 3 aliphatic carbocycles. The van der Waals surface area contributed by atoms with Crippen LogP contribution in [0.15, 0.2) is 59.5 Å². The lowest BCUT2D eigenvalue weighted by Gasteiger charge is -2.47. The Hall–Kier alpha value is -3.62. The Kier molecular flexibility index (Phi) is 7.17. The molecule has 3 aromatic heterocycles. The summed E-state index contributed by atoms with van der Waals surface area (Å²) in [6.07, 6.45) is 4.77. The maximum atomic E-state index is 14.5. The normalized spacial score (nSPS) is 22.9. The molecule has 0 radical (unpaired) electrons. The molecule has 3 atom stereocenters. The van der Waals surface area contributed by atoms with Crippen molar-refractivity contribution in [3.05, 3.63) is 81.5 Å². The van der Waals surface area contributed by atoms with E-state index in [-0.39, 0.29) is 29.7 Å². The fourth-order valence-corrected chi connectivity index (χ4v) is 9.29. The molecule has 8 nitrogen and oxygen atoms in total. The van der Waals surface area contributed by atoms with Crippen molar-refractivity contribution in [1.82, 2.24) is 28.9 Å². The SMILES string of the molecule is C=S(=O)(c1ccn(C)n1)N(CC1CC1)[C@H]1CCC2=Cc3c(cnn3-c3ccc(F)cc3)C[C@]2(C(=O)c2ncc(C(F)(F)F)s2)C1. The van der Waals surface area contributed by atoms with E-state index in [1.807, 2.05) is 10.4 Å². The number of halogens is 4. The van der Waals surface area contributed by atoms with Crippen LogP contribution in [0, 0.1) is 17.2 Å². The van der Waals surface area contributed by atoms with Crippen LogP contribution in [0.3, 0.4) is 0 Å². The Morgan fingerprint density at radius 3 is 2.58 bits per heavy atom. The van der Waals surface area contributed by atoms with Gasteiger partial charge in [-0.05, 0) is 92.3 Å². The highest BCUT2D eigenvalue weighted by molar-refractivity contribution is 7.98. The molecule has 45 heavy (non-hydrogen) atoms. The second-order valence-corrected chi connectivity index (χ2v) is 15.3. The number of hydrogen-bond donors (Lipinski definition) is 0. The molecule has 3 heterocycles. The summed E-state index contributed by atoms with van der Waals surface area (Å²) in [5.41, 5.74) is 1.65. The van der Waals surface area contributed by atoms with E-state index in [1.165, 1.54) is 12.1 Å². The van der Waals surface area contributed by atoms with Crippen LogP contribution in [-0.2, 0) is 29.4 Å². The van der Waals surface area contributed by atoms with Gasteiger partial charge in [-0.15, -0.1) is 11.3 Å². The van der Waals surface area contributed by atoms with Crippen LogP contribution >= 0.6 is 11.3 Å². The Morgan fingerprint density at radius 2 is 1.93 bits per heavy atom. The number of alkyl halides is 3. The maximum absolute atomic E-state index is 14.5. The van der Waals surface area contributed by atoms with Crippen LogP contribution in [0.1, 0.15) is 58.0 Å². The molecule has 0 saturated heterocycles. The highest BCUT2D eigenvalue weighted by atomic mass is 32.2. The summed E-state index contributed by atoms with van der Waals surface area (Å²) >= 11 is 0.348. The zero-order valence-corrected chi connectivity index (χ0v) is 26.0. The fraction of sp³-hybridized carbons (Fsp3) is 0.387. The second-order valence-electron chi connectivity index (χ2n) is 12.1. The number of hydrogen-bond acceptors (Lipinski definition) is 6. The molecule has 0 N–H and O–H groups in total. The van der Waals surface area contributed by atoms with E-state index in [0.717, 1.165) is 29.7 Å². The molecule has 4 aromatic rings.